The van der Waals surface area contributed by atoms with Gasteiger partial charge in [0.15, 0.2) is 5.65 Å². The van der Waals surface area contributed by atoms with Gasteiger partial charge in [-0.3, -0.25) is 9.89 Å². The maximum Gasteiger partial charge on any atom is 0.255 e. The van der Waals surface area contributed by atoms with Gasteiger partial charge in [-0.2, -0.15) is 5.10 Å². The molecule has 31 heavy (non-hydrogen) atoms. The van der Waals surface area contributed by atoms with E-state index in [1.165, 1.54) is 6.33 Å². The highest BCUT2D eigenvalue weighted by atomic mass is 79.9. The number of fused-ring (bicyclic) bond motifs is 2. The van der Waals surface area contributed by atoms with Gasteiger partial charge in [-0.15, -0.1) is 11.8 Å². The number of nitrogens with zero attached hydrogens (tertiary/aromatic N) is 3. The molecule has 1 amide bonds. The molecule has 8 heteroatoms. The average molecular weight is 490 g/mol. The Morgan fingerprint density at radius 1 is 1.00 bits per heavy atom. The lowest BCUT2D eigenvalue weighted by atomic mass is 10.1. The molecule has 0 spiro atoms. The molecule has 0 saturated carbocycles. The van der Waals surface area contributed by atoms with Crippen LogP contribution in [0.3, 0.4) is 0 Å². The number of hydrogen-bond donors (Lipinski definition) is 2. The summed E-state index contributed by atoms with van der Waals surface area (Å²) in [4.78, 5) is 21.5. The van der Waals surface area contributed by atoms with Crippen LogP contribution in [0, 0.1) is 0 Å². The second-order valence-corrected chi connectivity index (χ2v) is 8.71. The van der Waals surface area contributed by atoms with Crippen LogP contribution in [0.15, 0.2) is 82.7 Å². The van der Waals surface area contributed by atoms with E-state index in [-0.39, 0.29) is 5.91 Å². The molecule has 0 aliphatic heterocycles. The van der Waals surface area contributed by atoms with Crippen LogP contribution in [0.1, 0.15) is 15.9 Å². The van der Waals surface area contributed by atoms with Crippen LogP contribution in [-0.4, -0.2) is 26.1 Å². The van der Waals surface area contributed by atoms with Crippen LogP contribution in [-0.2, 0) is 5.75 Å². The molecule has 5 aromatic rings. The van der Waals surface area contributed by atoms with E-state index >= 15 is 0 Å². The number of amides is 1. The van der Waals surface area contributed by atoms with Crippen molar-refractivity contribution >= 4 is 61.1 Å². The van der Waals surface area contributed by atoms with Crippen molar-refractivity contribution < 1.29 is 4.79 Å². The van der Waals surface area contributed by atoms with E-state index < -0.39 is 0 Å². The lowest BCUT2D eigenvalue weighted by Crippen LogP contribution is -2.12. The Labute approximate surface area is 190 Å². The number of H-pyrrole nitrogens is 1. The van der Waals surface area contributed by atoms with Crippen LogP contribution < -0.4 is 5.32 Å². The molecule has 0 radical (unpaired) electrons. The average Bonchev–Trinajstić information content (AvgIpc) is 3.29. The van der Waals surface area contributed by atoms with E-state index in [2.05, 4.69) is 41.4 Å². The van der Waals surface area contributed by atoms with Crippen LogP contribution in [0.25, 0.3) is 21.8 Å². The van der Waals surface area contributed by atoms with E-state index in [0.717, 1.165) is 36.9 Å². The maximum absolute atomic E-state index is 12.9. The Morgan fingerprint density at radius 2 is 1.87 bits per heavy atom. The number of anilines is 1. The number of benzene rings is 3. The Balaban J connectivity index is 1.35. The summed E-state index contributed by atoms with van der Waals surface area (Å²) in [6, 6.07) is 19.5. The summed E-state index contributed by atoms with van der Waals surface area (Å²) in [5.41, 5.74) is 3.15. The van der Waals surface area contributed by atoms with Crippen molar-refractivity contribution in [3.8, 4) is 0 Å². The van der Waals surface area contributed by atoms with Crippen molar-refractivity contribution in [1.29, 1.82) is 0 Å². The molecule has 0 unspecified atom stereocenters. The number of rotatable bonds is 5. The van der Waals surface area contributed by atoms with Gasteiger partial charge in [0.1, 0.15) is 11.4 Å². The van der Waals surface area contributed by atoms with Gasteiger partial charge < -0.3 is 5.32 Å². The van der Waals surface area contributed by atoms with E-state index in [4.69, 9.17) is 0 Å². The summed E-state index contributed by atoms with van der Waals surface area (Å²) < 4.78 is 0.997. The lowest BCUT2D eigenvalue weighted by Gasteiger charge is -2.11. The summed E-state index contributed by atoms with van der Waals surface area (Å²) in [6.45, 7) is 0. The molecule has 2 heterocycles. The predicted octanol–water partition coefficient (Wildman–Crippen LogP) is 5.81. The van der Waals surface area contributed by atoms with Crippen molar-refractivity contribution in [3.05, 3.63) is 88.8 Å². The minimum atomic E-state index is -0.140. The van der Waals surface area contributed by atoms with Gasteiger partial charge in [0.25, 0.3) is 5.91 Å². The Hall–Kier alpha value is -3.23. The molecular formula is C23H16BrN5OS. The Bertz CT molecular complexity index is 1420. The van der Waals surface area contributed by atoms with Crippen molar-refractivity contribution in [3.63, 3.8) is 0 Å². The predicted molar refractivity (Wildman–Crippen MR) is 127 cm³/mol. The smallest absolute Gasteiger partial charge is 0.255 e. The number of carbonyl (C=O) groups is 1. The van der Waals surface area contributed by atoms with Crippen LogP contribution >= 0.6 is 27.7 Å². The van der Waals surface area contributed by atoms with Gasteiger partial charge in [-0.25, -0.2) is 9.97 Å². The third-order valence-electron chi connectivity index (χ3n) is 4.90. The van der Waals surface area contributed by atoms with E-state index in [0.29, 0.717) is 17.0 Å². The van der Waals surface area contributed by atoms with Crippen LogP contribution in [0.2, 0.25) is 0 Å². The number of hydrogen-bond acceptors (Lipinski definition) is 5. The van der Waals surface area contributed by atoms with Crippen molar-refractivity contribution in [1.82, 2.24) is 20.2 Å². The van der Waals surface area contributed by atoms with E-state index in [9.17, 15) is 4.79 Å². The molecule has 0 fully saturated rings. The second kappa shape index (κ2) is 8.49. The van der Waals surface area contributed by atoms with Gasteiger partial charge in [0.2, 0.25) is 0 Å². The fraction of sp³-hybridized carbons (Fsp3) is 0.0435. The summed E-state index contributed by atoms with van der Waals surface area (Å²) >= 11 is 5.16. The molecule has 5 rings (SSSR count). The van der Waals surface area contributed by atoms with Crippen molar-refractivity contribution in [2.75, 3.05) is 5.32 Å². The lowest BCUT2D eigenvalue weighted by molar-refractivity contribution is 0.102. The molecule has 2 aromatic heterocycles. The monoisotopic (exact) mass is 489 g/mol. The summed E-state index contributed by atoms with van der Waals surface area (Å²) in [5.74, 6) is 0.540. The number of halogens is 1. The van der Waals surface area contributed by atoms with E-state index in [1.807, 2.05) is 60.7 Å². The zero-order valence-electron chi connectivity index (χ0n) is 16.2. The molecular weight excluding hydrogens is 474 g/mol. The summed E-state index contributed by atoms with van der Waals surface area (Å²) in [5, 5.41) is 13.7. The first-order valence-corrected chi connectivity index (χ1v) is 11.3. The topological polar surface area (TPSA) is 83.6 Å². The number of carbonyl (C=O) groups excluding carboxylic acids is 1. The number of thioether (sulfide) groups is 1. The molecule has 0 aliphatic carbocycles. The number of aromatic amines is 1. The molecule has 152 valence electrons. The minimum Gasteiger partial charge on any atom is -0.321 e. The summed E-state index contributed by atoms with van der Waals surface area (Å²) in [7, 11) is 0. The SMILES string of the molecule is O=C(Nc1ccc(Br)c2ccccc12)c1cccc(CSc2ncnc3[nH]ncc23)c1. The zero-order chi connectivity index (χ0) is 21.2. The van der Waals surface area contributed by atoms with Crippen LogP contribution in [0.4, 0.5) is 5.69 Å². The zero-order valence-corrected chi connectivity index (χ0v) is 18.6. The second-order valence-electron chi connectivity index (χ2n) is 6.89. The molecule has 2 N–H and O–H groups in total. The quantitative estimate of drug-likeness (QED) is 0.240. The number of nitrogens with one attached hydrogen (secondary N) is 2. The van der Waals surface area contributed by atoms with E-state index in [1.54, 1.807) is 18.0 Å². The first-order chi connectivity index (χ1) is 15.2. The number of aromatic nitrogens is 4. The third kappa shape index (κ3) is 4.04. The first kappa shape index (κ1) is 19.7. The molecule has 0 aliphatic rings. The Morgan fingerprint density at radius 3 is 2.77 bits per heavy atom. The van der Waals surface area contributed by atoms with Crippen LogP contribution in [0.5, 0.6) is 0 Å². The fourth-order valence-electron chi connectivity index (χ4n) is 3.38. The van der Waals surface area contributed by atoms with Gasteiger partial charge in [0, 0.05) is 26.9 Å². The maximum atomic E-state index is 12.9. The minimum absolute atomic E-state index is 0.140. The highest BCUT2D eigenvalue weighted by Gasteiger charge is 2.11. The Kier molecular flexibility index (Phi) is 5.40. The summed E-state index contributed by atoms with van der Waals surface area (Å²) in [6.07, 6.45) is 3.25. The normalized spacial score (nSPS) is 11.1. The molecule has 6 nitrogen and oxygen atoms in total. The van der Waals surface area contributed by atoms with Gasteiger partial charge in [-0.05, 0) is 35.2 Å². The molecule has 0 saturated heterocycles. The highest BCUT2D eigenvalue weighted by molar-refractivity contribution is 9.10. The first-order valence-electron chi connectivity index (χ1n) is 9.53. The fourth-order valence-corrected chi connectivity index (χ4v) is 4.77. The molecule has 3 aromatic carbocycles. The van der Waals surface area contributed by atoms with Crippen molar-refractivity contribution in [2.24, 2.45) is 0 Å². The van der Waals surface area contributed by atoms with Gasteiger partial charge in [-0.1, -0.05) is 52.3 Å². The van der Waals surface area contributed by atoms with Crippen molar-refractivity contribution in [2.45, 2.75) is 10.8 Å². The molecule has 0 bridgehead atoms. The van der Waals surface area contributed by atoms with Gasteiger partial charge in [0.05, 0.1) is 11.6 Å². The largest absolute Gasteiger partial charge is 0.321 e. The van der Waals surface area contributed by atoms with Gasteiger partial charge >= 0.3 is 0 Å². The highest BCUT2D eigenvalue weighted by Crippen LogP contribution is 2.30. The standard InChI is InChI=1S/C23H16BrN5OS/c24-19-8-9-20(17-7-2-1-6-16(17)19)28-22(30)15-5-3-4-14(10-15)12-31-23-18-11-27-29-21(18)25-13-26-23/h1-11,13H,12H2,(H,28,30)(H,25,26,27,29). The third-order valence-corrected chi connectivity index (χ3v) is 6.66. The molecule has 0 atom stereocenters.